The second-order valence-electron chi connectivity index (χ2n) is 5.70. The number of rotatable bonds is 6. The van der Waals surface area contributed by atoms with Crippen molar-refractivity contribution in [2.75, 3.05) is 13.2 Å². The molecule has 1 saturated heterocycles. The smallest absolute Gasteiger partial charge is 0.0575 e. The molecule has 2 atom stereocenters. The predicted molar refractivity (Wildman–Crippen MR) is 76.8 cm³/mol. The first kappa shape index (κ1) is 14.1. The molecule has 2 unspecified atom stereocenters. The van der Waals surface area contributed by atoms with Gasteiger partial charge >= 0.3 is 0 Å². The van der Waals surface area contributed by atoms with Crippen LogP contribution in [0, 0.1) is 0 Å². The third-order valence-electron chi connectivity index (χ3n) is 4.28. The molecule has 1 aliphatic carbocycles. The Morgan fingerprint density at radius 2 is 2.28 bits per heavy atom. The number of ether oxygens (including phenoxy) is 1. The van der Waals surface area contributed by atoms with Gasteiger partial charge in [0, 0.05) is 12.6 Å². The SMILES string of the molecule is CCNC(CCC1CCCCO1)C1=CCCCC1. The minimum absolute atomic E-state index is 0.532. The molecule has 2 aliphatic rings. The van der Waals surface area contributed by atoms with Crippen LogP contribution in [0.1, 0.15) is 64.7 Å². The largest absolute Gasteiger partial charge is 0.378 e. The van der Waals surface area contributed by atoms with Crippen LogP contribution in [-0.4, -0.2) is 25.3 Å². The Kier molecular flexibility index (Phi) is 6.22. The lowest BCUT2D eigenvalue weighted by molar-refractivity contribution is 0.00908. The van der Waals surface area contributed by atoms with Crippen LogP contribution in [0.15, 0.2) is 11.6 Å². The molecule has 1 aliphatic heterocycles. The molecule has 0 saturated carbocycles. The lowest BCUT2D eigenvalue weighted by Gasteiger charge is -2.28. The minimum Gasteiger partial charge on any atom is -0.378 e. The molecule has 2 heteroatoms. The summed E-state index contributed by atoms with van der Waals surface area (Å²) in [5.74, 6) is 0. The van der Waals surface area contributed by atoms with Crippen molar-refractivity contribution in [2.45, 2.75) is 76.9 Å². The van der Waals surface area contributed by atoms with Crippen LogP contribution in [0.25, 0.3) is 0 Å². The minimum atomic E-state index is 0.532. The van der Waals surface area contributed by atoms with Crippen LogP contribution < -0.4 is 5.32 Å². The molecule has 0 spiro atoms. The fraction of sp³-hybridized carbons (Fsp3) is 0.875. The monoisotopic (exact) mass is 251 g/mol. The third-order valence-corrected chi connectivity index (χ3v) is 4.28. The van der Waals surface area contributed by atoms with Crippen molar-refractivity contribution in [1.29, 1.82) is 0 Å². The average Bonchev–Trinajstić information content (AvgIpc) is 2.45. The summed E-state index contributed by atoms with van der Waals surface area (Å²) in [6.07, 6.45) is 14.8. The average molecular weight is 251 g/mol. The number of hydrogen-bond acceptors (Lipinski definition) is 2. The fourth-order valence-electron chi connectivity index (χ4n) is 3.23. The third kappa shape index (κ3) is 4.40. The van der Waals surface area contributed by atoms with E-state index in [0.717, 1.165) is 13.2 Å². The zero-order valence-corrected chi connectivity index (χ0v) is 11.9. The highest BCUT2D eigenvalue weighted by Gasteiger charge is 2.19. The lowest BCUT2D eigenvalue weighted by Crippen LogP contribution is -2.33. The second kappa shape index (κ2) is 7.96. The van der Waals surface area contributed by atoms with E-state index >= 15 is 0 Å². The number of nitrogens with one attached hydrogen (secondary N) is 1. The molecule has 0 aromatic heterocycles. The topological polar surface area (TPSA) is 21.3 Å². The summed E-state index contributed by atoms with van der Waals surface area (Å²) < 4.78 is 5.85. The van der Waals surface area contributed by atoms with Gasteiger partial charge in [0.15, 0.2) is 0 Å². The molecular weight excluding hydrogens is 222 g/mol. The van der Waals surface area contributed by atoms with Gasteiger partial charge in [-0.3, -0.25) is 0 Å². The van der Waals surface area contributed by atoms with E-state index < -0.39 is 0 Å². The van der Waals surface area contributed by atoms with Gasteiger partial charge in [0.25, 0.3) is 0 Å². The summed E-state index contributed by atoms with van der Waals surface area (Å²) in [6.45, 7) is 4.28. The van der Waals surface area contributed by atoms with E-state index in [1.54, 1.807) is 5.57 Å². The van der Waals surface area contributed by atoms with Crippen LogP contribution in [-0.2, 0) is 4.74 Å². The number of hydrogen-bond donors (Lipinski definition) is 1. The summed E-state index contributed by atoms with van der Waals surface area (Å²) in [7, 11) is 0. The van der Waals surface area contributed by atoms with E-state index in [0.29, 0.717) is 12.1 Å². The van der Waals surface area contributed by atoms with Crippen LogP contribution >= 0.6 is 0 Å². The van der Waals surface area contributed by atoms with Crippen molar-refractivity contribution in [3.05, 3.63) is 11.6 Å². The molecule has 0 amide bonds. The molecule has 1 heterocycles. The van der Waals surface area contributed by atoms with Gasteiger partial charge in [-0.15, -0.1) is 0 Å². The number of likely N-dealkylation sites (N-methyl/N-ethyl adjacent to an activating group) is 1. The Morgan fingerprint density at radius 3 is 2.94 bits per heavy atom. The number of allylic oxidation sites excluding steroid dienone is 1. The van der Waals surface area contributed by atoms with Crippen LogP contribution in [0.5, 0.6) is 0 Å². The molecule has 0 bridgehead atoms. The van der Waals surface area contributed by atoms with Gasteiger partial charge < -0.3 is 10.1 Å². The second-order valence-corrected chi connectivity index (χ2v) is 5.70. The zero-order chi connectivity index (χ0) is 12.6. The van der Waals surface area contributed by atoms with Gasteiger partial charge in [-0.25, -0.2) is 0 Å². The fourth-order valence-corrected chi connectivity index (χ4v) is 3.23. The standard InChI is InChI=1S/C16H29NO/c1-2-17-16(14-8-4-3-5-9-14)12-11-15-10-6-7-13-18-15/h8,15-17H,2-7,9-13H2,1H3. The molecular formula is C16H29NO. The molecule has 2 nitrogen and oxygen atoms in total. The van der Waals surface area contributed by atoms with Crippen molar-refractivity contribution in [1.82, 2.24) is 5.32 Å². The Labute approximate surface area is 112 Å². The van der Waals surface area contributed by atoms with E-state index in [9.17, 15) is 0 Å². The van der Waals surface area contributed by atoms with Crippen molar-refractivity contribution in [2.24, 2.45) is 0 Å². The van der Waals surface area contributed by atoms with Crippen LogP contribution in [0.3, 0.4) is 0 Å². The maximum Gasteiger partial charge on any atom is 0.0575 e. The summed E-state index contributed by atoms with van der Waals surface area (Å²) in [6, 6.07) is 0.612. The zero-order valence-electron chi connectivity index (χ0n) is 11.9. The molecule has 0 radical (unpaired) electrons. The Balaban J connectivity index is 1.79. The summed E-state index contributed by atoms with van der Waals surface area (Å²) in [5, 5.41) is 3.67. The molecule has 18 heavy (non-hydrogen) atoms. The van der Waals surface area contributed by atoms with Crippen LogP contribution in [0.4, 0.5) is 0 Å². The quantitative estimate of drug-likeness (QED) is 0.725. The summed E-state index contributed by atoms with van der Waals surface area (Å²) >= 11 is 0. The highest BCUT2D eigenvalue weighted by atomic mass is 16.5. The molecule has 2 rings (SSSR count). The van der Waals surface area contributed by atoms with E-state index in [2.05, 4.69) is 18.3 Å². The highest BCUT2D eigenvalue weighted by molar-refractivity contribution is 5.13. The van der Waals surface area contributed by atoms with E-state index in [1.165, 1.54) is 57.8 Å². The summed E-state index contributed by atoms with van der Waals surface area (Å²) in [5.41, 5.74) is 1.67. The normalized spacial score (nSPS) is 26.7. The van der Waals surface area contributed by atoms with Gasteiger partial charge in [0.1, 0.15) is 0 Å². The van der Waals surface area contributed by atoms with Crippen molar-refractivity contribution >= 4 is 0 Å². The summed E-state index contributed by atoms with van der Waals surface area (Å²) in [4.78, 5) is 0. The van der Waals surface area contributed by atoms with Gasteiger partial charge in [-0.2, -0.15) is 0 Å². The molecule has 0 aromatic carbocycles. The van der Waals surface area contributed by atoms with Gasteiger partial charge in [0.05, 0.1) is 6.10 Å². The maximum absolute atomic E-state index is 5.85. The van der Waals surface area contributed by atoms with Gasteiger partial charge in [0.2, 0.25) is 0 Å². The Hall–Kier alpha value is -0.340. The first-order valence-corrected chi connectivity index (χ1v) is 7.94. The molecule has 0 aromatic rings. The Bertz CT molecular complexity index is 256. The van der Waals surface area contributed by atoms with E-state index in [4.69, 9.17) is 4.74 Å². The Morgan fingerprint density at radius 1 is 1.33 bits per heavy atom. The predicted octanol–water partition coefficient (Wildman–Crippen LogP) is 3.81. The first-order valence-electron chi connectivity index (χ1n) is 7.94. The van der Waals surface area contributed by atoms with Gasteiger partial charge in [-0.05, 0) is 64.3 Å². The molecule has 104 valence electrons. The van der Waals surface area contributed by atoms with Crippen molar-refractivity contribution in [3.8, 4) is 0 Å². The van der Waals surface area contributed by atoms with Crippen molar-refractivity contribution in [3.63, 3.8) is 0 Å². The maximum atomic E-state index is 5.85. The van der Waals surface area contributed by atoms with E-state index in [-0.39, 0.29) is 0 Å². The lowest BCUT2D eigenvalue weighted by atomic mass is 9.90. The molecule has 1 fully saturated rings. The first-order chi connectivity index (χ1) is 8.90. The van der Waals surface area contributed by atoms with Gasteiger partial charge in [-0.1, -0.05) is 18.6 Å². The van der Waals surface area contributed by atoms with E-state index in [1.807, 2.05) is 0 Å². The van der Waals surface area contributed by atoms with Crippen molar-refractivity contribution < 1.29 is 4.74 Å². The van der Waals surface area contributed by atoms with Crippen LogP contribution in [0.2, 0.25) is 0 Å². The molecule has 1 N–H and O–H groups in total. The highest BCUT2D eigenvalue weighted by Crippen LogP contribution is 2.25.